The highest BCUT2D eigenvalue weighted by Crippen LogP contribution is 2.21. The van der Waals surface area contributed by atoms with Gasteiger partial charge in [0.15, 0.2) is 9.84 Å². The molecule has 1 aromatic carbocycles. The van der Waals surface area contributed by atoms with Gasteiger partial charge in [0.2, 0.25) is 0 Å². The average Bonchev–Trinajstić information content (AvgIpc) is 2.49. The lowest BCUT2D eigenvalue weighted by Gasteiger charge is -2.30. The summed E-state index contributed by atoms with van der Waals surface area (Å²) in [5.74, 6) is 0. The van der Waals surface area contributed by atoms with E-state index in [1.54, 1.807) is 30.3 Å². The summed E-state index contributed by atoms with van der Waals surface area (Å²) in [6.07, 6.45) is 8.15. The van der Waals surface area contributed by atoms with Crippen molar-refractivity contribution in [2.75, 3.05) is 13.6 Å². The Kier molecular flexibility index (Phi) is 5.38. The van der Waals surface area contributed by atoms with E-state index < -0.39 is 9.84 Å². The summed E-state index contributed by atoms with van der Waals surface area (Å²) in [7, 11) is -1.22. The molecule has 20 heavy (non-hydrogen) atoms. The van der Waals surface area contributed by atoms with E-state index in [0.29, 0.717) is 17.5 Å². The Hall–Kier alpha value is -1.13. The molecule has 1 aromatic rings. The van der Waals surface area contributed by atoms with Gasteiger partial charge in [0, 0.05) is 18.0 Å². The van der Waals surface area contributed by atoms with Gasteiger partial charge in [-0.1, -0.05) is 43.5 Å². The predicted molar refractivity (Wildman–Crippen MR) is 82.3 cm³/mol. The van der Waals surface area contributed by atoms with Gasteiger partial charge in [-0.2, -0.15) is 0 Å². The van der Waals surface area contributed by atoms with Gasteiger partial charge >= 0.3 is 0 Å². The summed E-state index contributed by atoms with van der Waals surface area (Å²) >= 11 is 0. The van der Waals surface area contributed by atoms with Crippen LogP contribution < -0.4 is 0 Å². The second-order valence-electron chi connectivity index (χ2n) is 5.46. The lowest BCUT2D eigenvalue weighted by atomic mass is 9.94. The smallest absolute Gasteiger partial charge is 0.199 e. The van der Waals surface area contributed by atoms with Crippen LogP contribution in [-0.4, -0.2) is 33.0 Å². The van der Waals surface area contributed by atoms with Crippen LogP contribution in [0.2, 0.25) is 0 Å². The van der Waals surface area contributed by atoms with Crippen LogP contribution in [0.4, 0.5) is 0 Å². The zero-order chi connectivity index (χ0) is 14.4. The molecule has 3 nitrogen and oxygen atoms in total. The van der Waals surface area contributed by atoms with E-state index >= 15 is 0 Å². The highest BCUT2D eigenvalue weighted by molar-refractivity contribution is 7.94. The zero-order valence-electron chi connectivity index (χ0n) is 12.0. The molecule has 0 aliphatic heterocycles. The number of nitrogens with zero attached hydrogens (tertiary/aromatic N) is 1. The van der Waals surface area contributed by atoms with Gasteiger partial charge in [-0.3, -0.25) is 4.90 Å². The minimum Gasteiger partial charge on any atom is -0.300 e. The molecule has 4 heteroatoms. The number of hydrogen-bond acceptors (Lipinski definition) is 3. The van der Waals surface area contributed by atoms with E-state index in [1.165, 1.54) is 37.5 Å². The van der Waals surface area contributed by atoms with Crippen LogP contribution in [0.15, 0.2) is 46.7 Å². The molecule has 1 fully saturated rings. The van der Waals surface area contributed by atoms with Crippen LogP contribution in [0.3, 0.4) is 0 Å². The van der Waals surface area contributed by atoms with Gasteiger partial charge in [0.1, 0.15) is 0 Å². The molecule has 1 aliphatic carbocycles. The molecule has 0 saturated heterocycles. The van der Waals surface area contributed by atoms with E-state index in [1.807, 2.05) is 6.07 Å². The van der Waals surface area contributed by atoms with Crippen molar-refractivity contribution in [1.29, 1.82) is 0 Å². The molecule has 1 saturated carbocycles. The number of sulfone groups is 1. The number of likely N-dealkylation sites (N-methyl/N-ethyl adjacent to an activating group) is 1. The Balaban J connectivity index is 1.92. The molecule has 0 spiro atoms. The highest BCUT2D eigenvalue weighted by Gasteiger charge is 2.17. The maximum absolute atomic E-state index is 12.1. The molecule has 0 N–H and O–H groups in total. The fourth-order valence-electron chi connectivity index (χ4n) is 2.70. The molecule has 0 atom stereocenters. The molecule has 1 aliphatic rings. The Morgan fingerprint density at radius 3 is 2.45 bits per heavy atom. The molecule has 0 aromatic heterocycles. The van der Waals surface area contributed by atoms with Crippen LogP contribution in [0.1, 0.15) is 32.1 Å². The summed E-state index contributed by atoms with van der Waals surface area (Å²) in [5, 5.41) is 1.33. The minimum absolute atomic E-state index is 0.358. The van der Waals surface area contributed by atoms with Gasteiger partial charge in [-0.25, -0.2) is 8.42 Å². The van der Waals surface area contributed by atoms with Gasteiger partial charge in [-0.05, 0) is 32.0 Å². The summed E-state index contributed by atoms with van der Waals surface area (Å²) in [5.41, 5.74) is 0. The van der Waals surface area contributed by atoms with Crippen molar-refractivity contribution in [3.05, 3.63) is 41.8 Å². The first kappa shape index (κ1) is 15.3. The first-order valence-corrected chi connectivity index (χ1v) is 8.81. The molecule has 0 heterocycles. The largest absolute Gasteiger partial charge is 0.300 e. The van der Waals surface area contributed by atoms with Crippen molar-refractivity contribution in [2.45, 2.75) is 43.0 Å². The Labute approximate surface area is 122 Å². The first-order chi connectivity index (χ1) is 9.59. The first-order valence-electron chi connectivity index (χ1n) is 7.26. The van der Waals surface area contributed by atoms with E-state index in [9.17, 15) is 8.42 Å². The van der Waals surface area contributed by atoms with E-state index in [0.717, 1.165) is 0 Å². The van der Waals surface area contributed by atoms with Gasteiger partial charge in [-0.15, -0.1) is 0 Å². The summed E-state index contributed by atoms with van der Waals surface area (Å²) in [6.45, 7) is 0.691. The second kappa shape index (κ2) is 7.04. The van der Waals surface area contributed by atoms with Gasteiger partial charge < -0.3 is 0 Å². The Morgan fingerprint density at radius 1 is 1.15 bits per heavy atom. The van der Waals surface area contributed by atoms with Gasteiger partial charge in [0.25, 0.3) is 0 Å². The monoisotopic (exact) mass is 293 g/mol. The molecule has 2 rings (SSSR count). The molecular weight excluding hydrogens is 270 g/mol. The lowest BCUT2D eigenvalue weighted by Crippen LogP contribution is -2.33. The van der Waals surface area contributed by atoms with Crippen LogP contribution >= 0.6 is 0 Å². The van der Waals surface area contributed by atoms with Crippen molar-refractivity contribution in [1.82, 2.24) is 4.90 Å². The SMILES string of the molecule is CN(CC=CS(=O)(=O)c1ccccc1)C1CCCCC1. The quantitative estimate of drug-likeness (QED) is 0.836. The zero-order valence-corrected chi connectivity index (χ0v) is 12.8. The fourth-order valence-corrected chi connectivity index (χ4v) is 3.73. The topological polar surface area (TPSA) is 37.4 Å². The van der Waals surface area contributed by atoms with Crippen molar-refractivity contribution in [2.24, 2.45) is 0 Å². The third-order valence-corrected chi connectivity index (χ3v) is 5.42. The van der Waals surface area contributed by atoms with Gasteiger partial charge in [0.05, 0.1) is 4.90 Å². The van der Waals surface area contributed by atoms with Crippen molar-refractivity contribution < 1.29 is 8.42 Å². The number of rotatable bonds is 5. The summed E-state index contributed by atoms with van der Waals surface area (Å²) in [6, 6.07) is 9.17. The summed E-state index contributed by atoms with van der Waals surface area (Å²) < 4.78 is 24.2. The fraction of sp³-hybridized carbons (Fsp3) is 0.500. The third kappa shape index (κ3) is 4.18. The molecular formula is C16H23NO2S. The highest BCUT2D eigenvalue weighted by atomic mass is 32.2. The van der Waals surface area contributed by atoms with Crippen LogP contribution in [0.25, 0.3) is 0 Å². The maximum atomic E-state index is 12.1. The molecule has 0 radical (unpaired) electrons. The molecule has 0 bridgehead atoms. The number of hydrogen-bond donors (Lipinski definition) is 0. The second-order valence-corrected chi connectivity index (χ2v) is 7.29. The van der Waals surface area contributed by atoms with Crippen molar-refractivity contribution in [3.8, 4) is 0 Å². The van der Waals surface area contributed by atoms with E-state index in [2.05, 4.69) is 11.9 Å². The standard InChI is InChI=1S/C16H23NO2S/c1-17(15-9-4-2-5-10-15)13-8-14-20(18,19)16-11-6-3-7-12-16/h3,6-8,11-12,14-15H,2,4-5,9-10,13H2,1H3. The van der Waals surface area contributed by atoms with Crippen molar-refractivity contribution >= 4 is 9.84 Å². The van der Waals surface area contributed by atoms with Crippen molar-refractivity contribution in [3.63, 3.8) is 0 Å². The Morgan fingerprint density at radius 2 is 1.80 bits per heavy atom. The van der Waals surface area contributed by atoms with E-state index in [4.69, 9.17) is 0 Å². The van der Waals surface area contributed by atoms with E-state index in [-0.39, 0.29) is 0 Å². The molecule has 110 valence electrons. The third-order valence-electron chi connectivity index (χ3n) is 3.94. The Bertz CT molecular complexity index is 531. The van der Waals surface area contributed by atoms with Crippen LogP contribution in [0.5, 0.6) is 0 Å². The maximum Gasteiger partial charge on any atom is 0.199 e. The predicted octanol–water partition coefficient (Wildman–Crippen LogP) is 3.24. The number of benzene rings is 1. The van der Waals surface area contributed by atoms with Crippen LogP contribution in [-0.2, 0) is 9.84 Å². The molecule has 0 amide bonds. The molecule has 0 unspecified atom stereocenters. The lowest BCUT2D eigenvalue weighted by molar-refractivity contribution is 0.209. The minimum atomic E-state index is -3.29. The normalized spacial score (nSPS) is 17.9. The van der Waals surface area contributed by atoms with Crippen LogP contribution in [0, 0.1) is 0 Å². The summed E-state index contributed by atoms with van der Waals surface area (Å²) in [4.78, 5) is 2.62. The average molecular weight is 293 g/mol.